The molecule has 0 aliphatic heterocycles. The predicted molar refractivity (Wildman–Crippen MR) is 89.3 cm³/mol. The van der Waals surface area contributed by atoms with Gasteiger partial charge in [-0.2, -0.15) is 0 Å². The minimum Gasteiger partial charge on any atom is -0.103 e. The van der Waals surface area contributed by atoms with Crippen molar-refractivity contribution in [2.24, 2.45) is 0 Å². The van der Waals surface area contributed by atoms with Gasteiger partial charge in [-0.25, -0.2) is 0 Å². The summed E-state index contributed by atoms with van der Waals surface area (Å²) in [7, 11) is 0. The summed E-state index contributed by atoms with van der Waals surface area (Å²) >= 11 is 0. The molecule has 0 N–H and O–H groups in total. The van der Waals surface area contributed by atoms with E-state index in [-0.39, 0.29) is 5.41 Å². The molecule has 0 aliphatic carbocycles. The van der Waals surface area contributed by atoms with Crippen LogP contribution in [0.5, 0.6) is 0 Å². The number of rotatable bonds is 3. The molecule has 0 saturated carbocycles. The molecule has 0 saturated heterocycles. The molecule has 3 aromatic rings. The molecule has 0 atom stereocenters. The zero-order valence-corrected chi connectivity index (χ0v) is 12.2. The quantitative estimate of drug-likeness (QED) is 0.409. The summed E-state index contributed by atoms with van der Waals surface area (Å²) in [6, 6.07) is 19.7. The third-order valence-electron chi connectivity index (χ3n) is 4.10. The molecule has 0 heteroatoms. The van der Waals surface area contributed by atoms with Crippen LogP contribution in [0.3, 0.4) is 0 Å². The molecule has 3 rings (SSSR count). The largest absolute Gasteiger partial charge is 0.103 e. The van der Waals surface area contributed by atoms with Crippen molar-refractivity contribution < 1.29 is 0 Å². The zero-order valence-electron chi connectivity index (χ0n) is 12.2. The standard InChI is InChI=1S/C20H20/c1-4-13-20(2,3)19-17-11-7-5-9-15(17)14-16-10-6-8-12-18(16)19/h4-12,14H,1,13H2,2-3H3. The first-order valence-corrected chi connectivity index (χ1v) is 7.15. The van der Waals surface area contributed by atoms with E-state index in [1.807, 2.05) is 6.08 Å². The van der Waals surface area contributed by atoms with Crippen LogP contribution in [0.1, 0.15) is 25.8 Å². The summed E-state index contributed by atoms with van der Waals surface area (Å²) in [6.45, 7) is 8.55. The van der Waals surface area contributed by atoms with Gasteiger partial charge in [0.15, 0.2) is 0 Å². The second-order valence-corrected chi connectivity index (χ2v) is 6.07. The van der Waals surface area contributed by atoms with Gasteiger partial charge in [-0.1, -0.05) is 68.5 Å². The fourth-order valence-corrected chi connectivity index (χ4v) is 3.21. The van der Waals surface area contributed by atoms with E-state index in [1.165, 1.54) is 27.1 Å². The Morgan fingerprint density at radius 2 is 1.40 bits per heavy atom. The molecule has 0 aliphatic rings. The molecule has 0 nitrogen and oxygen atoms in total. The smallest absolute Gasteiger partial charge is 0.00569 e. The predicted octanol–water partition coefficient (Wildman–Crippen LogP) is 5.85. The number of allylic oxidation sites excluding steroid dienone is 1. The van der Waals surface area contributed by atoms with Gasteiger partial charge in [-0.15, -0.1) is 6.58 Å². The van der Waals surface area contributed by atoms with Gasteiger partial charge >= 0.3 is 0 Å². The number of hydrogen-bond donors (Lipinski definition) is 0. The SMILES string of the molecule is C=CCC(C)(C)c1c2ccccc2cc2ccccc12. The molecule has 0 bridgehead atoms. The minimum absolute atomic E-state index is 0.0855. The van der Waals surface area contributed by atoms with E-state index in [2.05, 4.69) is 75.0 Å². The lowest BCUT2D eigenvalue weighted by molar-refractivity contribution is 0.544. The van der Waals surface area contributed by atoms with Crippen molar-refractivity contribution in [3.63, 3.8) is 0 Å². The third-order valence-corrected chi connectivity index (χ3v) is 4.10. The van der Waals surface area contributed by atoms with E-state index >= 15 is 0 Å². The van der Waals surface area contributed by atoms with E-state index in [1.54, 1.807) is 0 Å². The molecular weight excluding hydrogens is 240 g/mol. The average molecular weight is 260 g/mol. The van der Waals surface area contributed by atoms with Gasteiger partial charge in [0.1, 0.15) is 0 Å². The van der Waals surface area contributed by atoms with Crippen LogP contribution in [0, 0.1) is 0 Å². The van der Waals surface area contributed by atoms with Gasteiger partial charge < -0.3 is 0 Å². The van der Waals surface area contributed by atoms with E-state index in [0.717, 1.165) is 6.42 Å². The van der Waals surface area contributed by atoms with Crippen LogP contribution in [-0.4, -0.2) is 0 Å². The molecular formula is C20H20. The highest BCUT2D eigenvalue weighted by molar-refractivity contribution is 6.03. The van der Waals surface area contributed by atoms with Crippen molar-refractivity contribution in [3.8, 4) is 0 Å². The van der Waals surface area contributed by atoms with Crippen LogP contribution in [0.2, 0.25) is 0 Å². The van der Waals surface area contributed by atoms with E-state index in [0.29, 0.717) is 0 Å². The maximum Gasteiger partial charge on any atom is -0.00569 e. The van der Waals surface area contributed by atoms with Gasteiger partial charge in [-0.3, -0.25) is 0 Å². The molecule has 0 amide bonds. The van der Waals surface area contributed by atoms with Gasteiger partial charge in [0, 0.05) is 0 Å². The van der Waals surface area contributed by atoms with E-state index in [9.17, 15) is 0 Å². The Bertz CT molecular complexity index is 724. The zero-order chi connectivity index (χ0) is 14.2. The Labute approximate surface area is 120 Å². The Morgan fingerprint density at radius 3 is 1.90 bits per heavy atom. The summed E-state index contributed by atoms with van der Waals surface area (Å²) in [4.78, 5) is 0. The van der Waals surface area contributed by atoms with Crippen LogP contribution < -0.4 is 0 Å². The summed E-state index contributed by atoms with van der Waals surface area (Å²) in [6.07, 6.45) is 3.00. The molecule has 0 unspecified atom stereocenters. The lowest BCUT2D eigenvalue weighted by Crippen LogP contribution is -2.17. The van der Waals surface area contributed by atoms with Crippen LogP contribution in [0.15, 0.2) is 67.3 Å². The number of hydrogen-bond acceptors (Lipinski definition) is 0. The first-order chi connectivity index (χ1) is 9.63. The summed E-state index contributed by atoms with van der Waals surface area (Å²) in [5.74, 6) is 0. The Hall–Kier alpha value is -2.08. The fourth-order valence-electron chi connectivity index (χ4n) is 3.21. The van der Waals surface area contributed by atoms with Crippen molar-refractivity contribution in [3.05, 3.63) is 72.8 Å². The molecule has 0 heterocycles. The normalized spacial score (nSPS) is 11.9. The monoisotopic (exact) mass is 260 g/mol. The molecule has 3 aromatic carbocycles. The van der Waals surface area contributed by atoms with E-state index in [4.69, 9.17) is 0 Å². The first kappa shape index (κ1) is 12.9. The van der Waals surface area contributed by atoms with Crippen LogP contribution in [0.25, 0.3) is 21.5 Å². The van der Waals surface area contributed by atoms with Crippen LogP contribution >= 0.6 is 0 Å². The third kappa shape index (κ3) is 2.02. The maximum absolute atomic E-state index is 3.93. The van der Waals surface area contributed by atoms with Crippen LogP contribution in [0.4, 0.5) is 0 Å². The second kappa shape index (κ2) is 4.79. The second-order valence-electron chi connectivity index (χ2n) is 6.07. The highest BCUT2D eigenvalue weighted by atomic mass is 14.3. The van der Waals surface area contributed by atoms with Crippen LogP contribution in [-0.2, 0) is 5.41 Å². The summed E-state index contributed by atoms with van der Waals surface area (Å²) < 4.78 is 0. The molecule has 0 aromatic heterocycles. The minimum atomic E-state index is 0.0855. The fraction of sp³-hybridized carbons (Fsp3) is 0.200. The highest BCUT2D eigenvalue weighted by Crippen LogP contribution is 2.38. The number of fused-ring (bicyclic) bond motifs is 2. The highest BCUT2D eigenvalue weighted by Gasteiger charge is 2.23. The van der Waals surface area contributed by atoms with Gasteiger partial charge in [0.05, 0.1) is 0 Å². The van der Waals surface area contributed by atoms with E-state index < -0.39 is 0 Å². The summed E-state index contributed by atoms with van der Waals surface area (Å²) in [5, 5.41) is 5.35. The maximum atomic E-state index is 3.93. The van der Waals surface area contributed by atoms with Crippen molar-refractivity contribution in [2.45, 2.75) is 25.7 Å². The van der Waals surface area contributed by atoms with Crippen molar-refractivity contribution >= 4 is 21.5 Å². The average Bonchev–Trinajstić information content (AvgIpc) is 2.44. The van der Waals surface area contributed by atoms with Gasteiger partial charge in [-0.05, 0) is 45.0 Å². The molecule has 0 radical (unpaired) electrons. The van der Waals surface area contributed by atoms with Gasteiger partial charge in [0.2, 0.25) is 0 Å². The molecule has 100 valence electrons. The topological polar surface area (TPSA) is 0 Å². The molecule has 20 heavy (non-hydrogen) atoms. The van der Waals surface area contributed by atoms with Crippen molar-refractivity contribution in [1.29, 1.82) is 0 Å². The lowest BCUT2D eigenvalue weighted by Gasteiger charge is -2.27. The Morgan fingerprint density at radius 1 is 0.900 bits per heavy atom. The molecule has 0 fully saturated rings. The Kier molecular flexibility index (Phi) is 3.10. The van der Waals surface area contributed by atoms with Crippen molar-refractivity contribution in [2.75, 3.05) is 0 Å². The molecule has 0 spiro atoms. The van der Waals surface area contributed by atoms with Gasteiger partial charge in [0.25, 0.3) is 0 Å². The van der Waals surface area contributed by atoms with Crippen molar-refractivity contribution in [1.82, 2.24) is 0 Å². The lowest BCUT2D eigenvalue weighted by atomic mass is 9.76. The number of benzene rings is 3. The first-order valence-electron chi connectivity index (χ1n) is 7.15. The Balaban J connectivity index is 2.48. The summed E-state index contributed by atoms with van der Waals surface area (Å²) in [5.41, 5.74) is 1.52.